The van der Waals surface area contributed by atoms with Gasteiger partial charge in [-0.05, 0) is 18.8 Å². The van der Waals surface area contributed by atoms with Gasteiger partial charge in [-0.2, -0.15) is 0 Å². The minimum Gasteiger partial charge on any atom is -0.380 e. The third kappa shape index (κ3) is 9.84. The standard InChI is InChI=1S/C11H25NO/c1-4-8-13-9-11(12)7-5-6-10(2)3/h10-11H,4-9,12H2,1-3H3. The van der Waals surface area contributed by atoms with Crippen molar-refractivity contribution in [2.45, 2.75) is 52.5 Å². The predicted octanol–water partition coefficient (Wildman–Crippen LogP) is 2.57. The normalized spacial score (nSPS) is 13.6. The van der Waals surface area contributed by atoms with Crippen molar-refractivity contribution in [3.63, 3.8) is 0 Å². The van der Waals surface area contributed by atoms with Crippen molar-refractivity contribution in [1.82, 2.24) is 0 Å². The first-order chi connectivity index (χ1) is 6.16. The molecule has 0 heterocycles. The molecule has 0 fully saturated rings. The third-order valence-corrected chi connectivity index (χ3v) is 2.04. The Morgan fingerprint density at radius 2 is 1.92 bits per heavy atom. The van der Waals surface area contributed by atoms with Crippen LogP contribution in [-0.2, 0) is 4.74 Å². The summed E-state index contributed by atoms with van der Waals surface area (Å²) in [6.07, 6.45) is 4.69. The predicted molar refractivity (Wildman–Crippen MR) is 57.8 cm³/mol. The van der Waals surface area contributed by atoms with E-state index in [-0.39, 0.29) is 6.04 Å². The molecule has 0 aliphatic rings. The Hall–Kier alpha value is -0.0800. The molecule has 0 amide bonds. The zero-order valence-electron chi connectivity index (χ0n) is 9.38. The molecule has 0 saturated carbocycles. The summed E-state index contributed by atoms with van der Waals surface area (Å²) < 4.78 is 5.38. The Morgan fingerprint density at radius 1 is 1.23 bits per heavy atom. The van der Waals surface area contributed by atoms with E-state index in [2.05, 4.69) is 20.8 Å². The molecule has 1 unspecified atom stereocenters. The maximum Gasteiger partial charge on any atom is 0.0617 e. The highest BCUT2D eigenvalue weighted by Crippen LogP contribution is 2.07. The first-order valence-corrected chi connectivity index (χ1v) is 5.50. The van der Waals surface area contributed by atoms with Gasteiger partial charge in [0, 0.05) is 12.6 Å². The molecule has 2 N–H and O–H groups in total. The third-order valence-electron chi connectivity index (χ3n) is 2.04. The summed E-state index contributed by atoms with van der Waals surface area (Å²) in [5, 5.41) is 0. The van der Waals surface area contributed by atoms with Gasteiger partial charge >= 0.3 is 0 Å². The Balaban J connectivity index is 3.15. The molecule has 0 rings (SSSR count). The van der Waals surface area contributed by atoms with E-state index in [9.17, 15) is 0 Å². The largest absolute Gasteiger partial charge is 0.380 e. The van der Waals surface area contributed by atoms with E-state index in [1.165, 1.54) is 12.8 Å². The van der Waals surface area contributed by atoms with Crippen LogP contribution in [0.5, 0.6) is 0 Å². The number of nitrogens with two attached hydrogens (primary N) is 1. The summed E-state index contributed by atoms with van der Waals surface area (Å²) in [6, 6.07) is 0.241. The van der Waals surface area contributed by atoms with Crippen molar-refractivity contribution in [3.05, 3.63) is 0 Å². The van der Waals surface area contributed by atoms with Crippen LogP contribution in [0.25, 0.3) is 0 Å². The zero-order valence-corrected chi connectivity index (χ0v) is 9.38. The summed E-state index contributed by atoms with van der Waals surface area (Å²) in [6.45, 7) is 8.19. The summed E-state index contributed by atoms with van der Waals surface area (Å²) in [5.74, 6) is 0.795. The summed E-state index contributed by atoms with van der Waals surface area (Å²) in [5.41, 5.74) is 5.88. The number of ether oxygens (including phenoxy) is 1. The van der Waals surface area contributed by atoms with Gasteiger partial charge in [0.15, 0.2) is 0 Å². The molecule has 2 heteroatoms. The second-order valence-electron chi connectivity index (χ2n) is 4.16. The average Bonchev–Trinajstić information content (AvgIpc) is 2.04. The molecule has 0 bridgehead atoms. The minimum atomic E-state index is 0.241. The van der Waals surface area contributed by atoms with E-state index in [4.69, 9.17) is 10.5 Å². The van der Waals surface area contributed by atoms with Gasteiger partial charge in [-0.15, -0.1) is 0 Å². The zero-order chi connectivity index (χ0) is 10.1. The van der Waals surface area contributed by atoms with Gasteiger partial charge in [0.05, 0.1) is 6.61 Å². The monoisotopic (exact) mass is 187 g/mol. The van der Waals surface area contributed by atoms with Crippen LogP contribution in [0.1, 0.15) is 46.5 Å². The van der Waals surface area contributed by atoms with Crippen molar-refractivity contribution in [2.24, 2.45) is 11.7 Å². The Kier molecular flexibility index (Phi) is 8.46. The van der Waals surface area contributed by atoms with Crippen LogP contribution in [0.2, 0.25) is 0 Å². The van der Waals surface area contributed by atoms with E-state index in [0.717, 1.165) is 32.0 Å². The maximum atomic E-state index is 5.88. The fourth-order valence-electron chi connectivity index (χ4n) is 1.25. The van der Waals surface area contributed by atoms with Gasteiger partial charge in [0.1, 0.15) is 0 Å². The molecular formula is C11H25NO. The average molecular weight is 187 g/mol. The minimum absolute atomic E-state index is 0.241. The molecule has 0 spiro atoms. The van der Waals surface area contributed by atoms with Crippen molar-refractivity contribution in [2.75, 3.05) is 13.2 Å². The van der Waals surface area contributed by atoms with Crippen molar-refractivity contribution < 1.29 is 4.74 Å². The van der Waals surface area contributed by atoms with E-state index in [0.29, 0.717) is 0 Å². The molecule has 13 heavy (non-hydrogen) atoms. The van der Waals surface area contributed by atoms with Crippen LogP contribution < -0.4 is 5.73 Å². The fourth-order valence-corrected chi connectivity index (χ4v) is 1.25. The lowest BCUT2D eigenvalue weighted by molar-refractivity contribution is 0.118. The van der Waals surface area contributed by atoms with Gasteiger partial charge < -0.3 is 10.5 Å². The summed E-state index contributed by atoms with van der Waals surface area (Å²) in [7, 11) is 0. The second-order valence-corrected chi connectivity index (χ2v) is 4.16. The second kappa shape index (κ2) is 8.52. The maximum absolute atomic E-state index is 5.88. The van der Waals surface area contributed by atoms with Crippen LogP contribution in [0.3, 0.4) is 0 Å². The highest BCUT2D eigenvalue weighted by molar-refractivity contribution is 4.60. The van der Waals surface area contributed by atoms with Crippen molar-refractivity contribution >= 4 is 0 Å². The van der Waals surface area contributed by atoms with E-state index >= 15 is 0 Å². The lowest BCUT2D eigenvalue weighted by Crippen LogP contribution is -2.26. The Bertz CT molecular complexity index is 104. The van der Waals surface area contributed by atoms with Crippen molar-refractivity contribution in [1.29, 1.82) is 0 Å². The molecule has 1 atom stereocenters. The fraction of sp³-hybridized carbons (Fsp3) is 1.00. The van der Waals surface area contributed by atoms with Crippen molar-refractivity contribution in [3.8, 4) is 0 Å². The SMILES string of the molecule is CCCOCC(N)CCCC(C)C. The Morgan fingerprint density at radius 3 is 2.46 bits per heavy atom. The molecular weight excluding hydrogens is 162 g/mol. The highest BCUT2D eigenvalue weighted by atomic mass is 16.5. The number of hydrogen-bond acceptors (Lipinski definition) is 2. The van der Waals surface area contributed by atoms with Gasteiger partial charge in [-0.3, -0.25) is 0 Å². The number of hydrogen-bond donors (Lipinski definition) is 1. The molecule has 0 saturated heterocycles. The van der Waals surface area contributed by atoms with E-state index in [1.807, 2.05) is 0 Å². The van der Waals surface area contributed by atoms with Gasteiger partial charge in [0.2, 0.25) is 0 Å². The molecule has 0 aliphatic carbocycles. The molecule has 0 aromatic carbocycles. The van der Waals surface area contributed by atoms with Crippen LogP contribution in [0, 0.1) is 5.92 Å². The number of rotatable bonds is 8. The van der Waals surface area contributed by atoms with Crippen LogP contribution in [-0.4, -0.2) is 19.3 Å². The molecule has 2 nitrogen and oxygen atoms in total. The first-order valence-electron chi connectivity index (χ1n) is 5.50. The van der Waals surface area contributed by atoms with Gasteiger partial charge in [-0.1, -0.05) is 33.6 Å². The lowest BCUT2D eigenvalue weighted by atomic mass is 10.0. The van der Waals surface area contributed by atoms with Gasteiger partial charge in [-0.25, -0.2) is 0 Å². The van der Waals surface area contributed by atoms with Gasteiger partial charge in [0.25, 0.3) is 0 Å². The van der Waals surface area contributed by atoms with Crippen LogP contribution in [0.4, 0.5) is 0 Å². The molecule has 80 valence electrons. The topological polar surface area (TPSA) is 35.2 Å². The molecule has 0 aromatic rings. The summed E-state index contributed by atoms with van der Waals surface area (Å²) in [4.78, 5) is 0. The Labute approximate surface area is 82.8 Å². The smallest absolute Gasteiger partial charge is 0.0617 e. The first kappa shape index (κ1) is 12.9. The van der Waals surface area contributed by atoms with E-state index in [1.54, 1.807) is 0 Å². The van der Waals surface area contributed by atoms with Crippen LogP contribution >= 0.6 is 0 Å². The van der Waals surface area contributed by atoms with Crippen LogP contribution in [0.15, 0.2) is 0 Å². The molecule has 0 aromatic heterocycles. The lowest BCUT2D eigenvalue weighted by Gasteiger charge is -2.12. The molecule has 0 radical (unpaired) electrons. The molecule has 0 aliphatic heterocycles. The van der Waals surface area contributed by atoms with E-state index < -0.39 is 0 Å². The quantitative estimate of drug-likeness (QED) is 0.593. The highest BCUT2D eigenvalue weighted by Gasteiger charge is 2.02. The summed E-state index contributed by atoms with van der Waals surface area (Å²) >= 11 is 0.